The average molecular weight is 298 g/mol. The lowest BCUT2D eigenvalue weighted by Crippen LogP contribution is -2.38. The first kappa shape index (κ1) is 13.2. The van der Waals surface area contributed by atoms with Crippen LogP contribution >= 0.6 is 0 Å². The van der Waals surface area contributed by atoms with E-state index >= 15 is 0 Å². The molecule has 2 bridgehead atoms. The topological polar surface area (TPSA) is 80.5 Å². The number of hydrogen-bond donors (Lipinski definition) is 0. The van der Waals surface area contributed by atoms with Crippen LogP contribution < -0.4 is 4.90 Å². The zero-order chi connectivity index (χ0) is 15.4. The molecule has 6 nitrogen and oxygen atoms in total. The molecule has 4 atom stereocenters. The summed E-state index contributed by atoms with van der Waals surface area (Å²) in [5.74, 6) is -0.777. The molecule has 6 heteroatoms. The van der Waals surface area contributed by atoms with E-state index in [1.165, 1.54) is 18.2 Å². The fraction of sp³-hybridized carbons (Fsp3) is 0.375. The zero-order valence-corrected chi connectivity index (χ0v) is 11.7. The Kier molecular flexibility index (Phi) is 2.69. The van der Waals surface area contributed by atoms with Gasteiger partial charge in [-0.2, -0.15) is 0 Å². The Balaban J connectivity index is 1.75. The van der Waals surface area contributed by atoms with Crippen LogP contribution in [0.25, 0.3) is 0 Å². The van der Waals surface area contributed by atoms with E-state index in [1.807, 2.05) is 0 Å². The van der Waals surface area contributed by atoms with Gasteiger partial charge in [0, 0.05) is 12.1 Å². The fourth-order valence-electron chi connectivity index (χ4n) is 4.07. The summed E-state index contributed by atoms with van der Waals surface area (Å²) in [4.78, 5) is 37.0. The van der Waals surface area contributed by atoms with Gasteiger partial charge in [0.25, 0.3) is 5.69 Å². The molecule has 0 aromatic heterocycles. The molecule has 5 rings (SSSR count). The van der Waals surface area contributed by atoms with Crippen LogP contribution in [0.5, 0.6) is 0 Å². The van der Waals surface area contributed by atoms with Gasteiger partial charge in [-0.25, -0.2) is 4.90 Å². The van der Waals surface area contributed by atoms with Crippen LogP contribution in [0, 0.1) is 33.8 Å². The molecule has 1 saturated heterocycles. The van der Waals surface area contributed by atoms with E-state index in [-0.39, 0.29) is 41.2 Å². The number of allylic oxidation sites excluding steroid dienone is 2. The first-order valence-electron chi connectivity index (χ1n) is 7.38. The maximum Gasteiger partial charge on any atom is 0.271 e. The minimum Gasteiger partial charge on any atom is -0.274 e. The number of amides is 2. The molecular formula is C16H14N2O4. The Labute approximate surface area is 126 Å². The number of nitrogens with zero attached hydrogens (tertiary/aromatic N) is 2. The minimum absolute atomic E-state index is 0.117. The lowest BCUT2D eigenvalue weighted by atomic mass is 9.63. The molecule has 0 radical (unpaired) electrons. The summed E-state index contributed by atoms with van der Waals surface area (Å²) in [5, 5.41) is 10.9. The summed E-state index contributed by atoms with van der Waals surface area (Å²) in [6.45, 7) is 0. The summed E-state index contributed by atoms with van der Waals surface area (Å²) >= 11 is 0. The lowest BCUT2D eigenvalue weighted by molar-refractivity contribution is -0.384. The third-order valence-corrected chi connectivity index (χ3v) is 5.06. The van der Waals surface area contributed by atoms with Gasteiger partial charge in [0.1, 0.15) is 0 Å². The van der Waals surface area contributed by atoms with Crippen LogP contribution in [0.3, 0.4) is 0 Å². The van der Waals surface area contributed by atoms with Crippen molar-refractivity contribution in [1.29, 1.82) is 0 Å². The number of benzene rings is 1. The second-order valence-corrected chi connectivity index (χ2v) is 6.13. The van der Waals surface area contributed by atoms with Crippen LogP contribution in [-0.4, -0.2) is 16.7 Å². The van der Waals surface area contributed by atoms with Crippen LogP contribution in [0.2, 0.25) is 0 Å². The Morgan fingerprint density at radius 1 is 1.05 bits per heavy atom. The van der Waals surface area contributed by atoms with Crippen LogP contribution in [0.15, 0.2) is 36.4 Å². The number of rotatable bonds is 2. The highest BCUT2D eigenvalue weighted by molar-refractivity contribution is 6.22. The van der Waals surface area contributed by atoms with E-state index < -0.39 is 4.92 Å². The van der Waals surface area contributed by atoms with Crippen molar-refractivity contribution in [3.63, 3.8) is 0 Å². The van der Waals surface area contributed by atoms with E-state index in [1.54, 1.807) is 6.07 Å². The molecule has 1 aromatic rings. The number of imide groups is 1. The van der Waals surface area contributed by atoms with Crippen molar-refractivity contribution in [1.82, 2.24) is 0 Å². The summed E-state index contributed by atoms with van der Waals surface area (Å²) < 4.78 is 0. The highest BCUT2D eigenvalue weighted by Crippen LogP contribution is 2.50. The van der Waals surface area contributed by atoms with Crippen LogP contribution in [-0.2, 0) is 9.59 Å². The van der Waals surface area contributed by atoms with Gasteiger partial charge < -0.3 is 0 Å². The van der Waals surface area contributed by atoms with Gasteiger partial charge in [-0.3, -0.25) is 19.7 Å². The predicted octanol–water partition coefficient (Wildman–Crippen LogP) is 2.30. The number of non-ortho nitro benzene ring substituents is 1. The number of carbonyl (C=O) groups excluding carboxylic acids is 2. The van der Waals surface area contributed by atoms with Crippen LogP contribution in [0.4, 0.5) is 11.4 Å². The van der Waals surface area contributed by atoms with Crippen molar-refractivity contribution >= 4 is 23.2 Å². The van der Waals surface area contributed by atoms with Crippen molar-refractivity contribution in [3.8, 4) is 0 Å². The van der Waals surface area contributed by atoms with E-state index in [2.05, 4.69) is 12.2 Å². The molecule has 22 heavy (non-hydrogen) atoms. The SMILES string of the molecule is O=C1C2C3C=CC(CC3)C2C(=O)N1c1cccc([N+](=O)[O-])c1. The molecule has 0 N–H and O–H groups in total. The molecule has 1 aromatic carbocycles. The standard InChI is InChI=1S/C16H14N2O4/c19-15-13-9-4-5-10(7-6-9)14(13)16(20)17(15)11-2-1-3-12(8-11)18(21)22/h1-5,8-10,13-14H,6-7H2. The summed E-state index contributed by atoms with van der Waals surface area (Å²) in [5.41, 5.74) is 0.187. The summed E-state index contributed by atoms with van der Waals surface area (Å²) in [6, 6.07) is 5.73. The van der Waals surface area contributed by atoms with Crippen molar-refractivity contribution in [2.24, 2.45) is 23.7 Å². The first-order chi connectivity index (χ1) is 10.6. The Hall–Kier alpha value is -2.50. The number of fused-ring (bicyclic) bond motifs is 1. The lowest BCUT2D eigenvalue weighted by Gasteiger charge is -2.38. The van der Waals surface area contributed by atoms with Crippen molar-refractivity contribution in [2.45, 2.75) is 12.8 Å². The third-order valence-electron chi connectivity index (χ3n) is 5.06. The van der Waals surface area contributed by atoms with E-state index in [9.17, 15) is 19.7 Å². The molecule has 4 unspecified atom stereocenters. The Morgan fingerprint density at radius 2 is 1.64 bits per heavy atom. The van der Waals surface area contributed by atoms with Gasteiger partial charge in [-0.05, 0) is 30.7 Å². The molecule has 3 aliphatic carbocycles. The molecule has 1 aliphatic heterocycles. The van der Waals surface area contributed by atoms with E-state index in [0.717, 1.165) is 17.7 Å². The van der Waals surface area contributed by atoms with Gasteiger partial charge in [0.15, 0.2) is 0 Å². The highest BCUT2D eigenvalue weighted by Gasteiger charge is 2.56. The minimum atomic E-state index is -0.521. The Bertz CT molecular complexity index is 695. The Morgan fingerprint density at radius 3 is 2.14 bits per heavy atom. The predicted molar refractivity (Wildman–Crippen MR) is 77.9 cm³/mol. The molecule has 2 amide bonds. The van der Waals surface area contributed by atoms with Crippen molar-refractivity contribution < 1.29 is 14.5 Å². The smallest absolute Gasteiger partial charge is 0.271 e. The molecule has 112 valence electrons. The normalized spacial score (nSPS) is 32.5. The van der Waals surface area contributed by atoms with Crippen LogP contribution in [0.1, 0.15) is 12.8 Å². The van der Waals surface area contributed by atoms with Crippen molar-refractivity contribution in [3.05, 3.63) is 46.5 Å². The number of nitro benzene ring substituents is 1. The quantitative estimate of drug-likeness (QED) is 0.363. The second kappa shape index (κ2) is 4.50. The molecule has 4 aliphatic rings. The van der Waals surface area contributed by atoms with Gasteiger partial charge >= 0.3 is 0 Å². The van der Waals surface area contributed by atoms with Crippen molar-refractivity contribution in [2.75, 3.05) is 4.90 Å². The third kappa shape index (κ3) is 1.66. The van der Waals surface area contributed by atoms with Gasteiger partial charge in [0.05, 0.1) is 22.4 Å². The maximum absolute atomic E-state index is 12.7. The van der Waals surface area contributed by atoms with Gasteiger partial charge in [0.2, 0.25) is 11.8 Å². The molecule has 2 fully saturated rings. The van der Waals surface area contributed by atoms with Gasteiger partial charge in [-0.15, -0.1) is 0 Å². The number of carbonyl (C=O) groups is 2. The molecule has 1 heterocycles. The largest absolute Gasteiger partial charge is 0.274 e. The molecule has 1 saturated carbocycles. The number of hydrogen-bond acceptors (Lipinski definition) is 4. The van der Waals surface area contributed by atoms with Gasteiger partial charge in [-0.1, -0.05) is 18.2 Å². The highest BCUT2D eigenvalue weighted by atomic mass is 16.6. The number of nitro groups is 1. The molecule has 0 spiro atoms. The zero-order valence-electron chi connectivity index (χ0n) is 11.7. The monoisotopic (exact) mass is 298 g/mol. The fourth-order valence-corrected chi connectivity index (χ4v) is 4.07. The average Bonchev–Trinajstić information content (AvgIpc) is 2.82. The van der Waals surface area contributed by atoms with E-state index in [0.29, 0.717) is 5.69 Å². The summed E-state index contributed by atoms with van der Waals surface area (Å²) in [6.07, 6.45) is 5.98. The summed E-state index contributed by atoms with van der Waals surface area (Å²) in [7, 11) is 0. The number of anilines is 1. The second-order valence-electron chi connectivity index (χ2n) is 6.13. The first-order valence-corrected chi connectivity index (χ1v) is 7.38. The molecular weight excluding hydrogens is 284 g/mol. The van der Waals surface area contributed by atoms with E-state index in [4.69, 9.17) is 0 Å². The maximum atomic E-state index is 12.7.